The first-order valence-electron chi connectivity index (χ1n) is 8.32. The number of anilines is 1. The molecule has 0 fully saturated rings. The highest BCUT2D eigenvalue weighted by Gasteiger charge is 2.20. The molecule has 0 radical (unpaired) electrons. The molecule has 28 heavy (non-hydrogen) atoms. The van der Waals surface area contributed by atoms with E-state index in [2.05, 4.69) is 15.5 Å². The number of rotatable bonds is 7. The predicted molar refractivity (Wildman–Crippen MR) is 100 cm³/mol. The molecule has 1 aromatic heterocycles. The second-order valence-electron chi connectivity index (χ2n) is 5.86. The fourth-order valence-corrected chi connectivity index (χ4v) is 3.01. The van der Waals surface area contributed by atoms with E-state index < -0.39 is 22.8 Å². The summed E-state index contributed by atoms with van der Waals surface area (Å²) in [7, 11) is 1.59. The molecule has 3 rings (SSSR count). The number of nitrogens with zero attached hydrogens (tertiary/aromatic N) is 2. The Hall–Kier alpha value is -2.94. The number of benzene rings is 2. The Balaban J connectivity index is 1.58. The van der Waals surface area contributed by atoms with Gasteiger partial charge in [-0.2, -0.15) is 0 Å². The maximum absolute atomic E-state index is 13.6. The lowest BCUT2D eigenvalue weighted by Crippen LogP contribution is -2.23. The smallest absolute Gasteiger partial charge is 0.277 e. The van der Waals surface area contributed by atoms with Crippen molar-refractivity contribution in [3.05, 3.63) is 65.6 Å². The SMILES string of the molecule is COc1ccc(Cc2nnc(S[C@H](C)C(=O)Nc3cc(F)ccc3F)o2)cc1. The highest BCUT2D eigenvalue weighted by molar-refractivity contribution is 8.00. The standard InChI is InChI=1S/C19H17F2N3O3S/c1-11(18(25)22-16-10-13(20)5-8-15(16)21)28-19-24-23-17(27-19)9-12-3-6-14(26-2)7-4-12/h3-8,10-11H,9H2,1-2H3,(H,22,25)/t11-/m1/s1. The van der Waals surface area contributed by atoms with Gasteiger partial charge in [-0.05, 0) is 36.8 Å². The van der Waals surface area contributed by atoms with Crippen LogP contribution in [-0.2, 0) is 11.2 Å². The average molecular weight is 405 g/mol. The molecule has 1 heterocycles. The molecule has 1 amide bonds. The minimum Gasteiger partial charge on any atom is -0.497 e. The molecule has 0 unspecified atom stereocenters. The molecular weight excluding hydrogens is 388 g/mol. The summed E-state index contributed by atoms with van der Waals surface area (Å²) < 4.78 is 37.5. The molecule has 0 bridgehead atoms. The third-order valence-corrected chi connectivity index (χ3v) is 4.73. The van der Waals surface area contributed by atoms with Crippen molar-refractivity contribution in [1.29, 1.82) is 0 Å². The van der Waals surface area contributed by atoms with Gasteiger partial charge < -0.3 is 14.5 Å². The molecule has 146 valence electrons. The fraction of sp³-hybridized carbons (Fsp3) is 0.211. The Kier molecular flexibility index (Phi) is 6.25. The largest absolute Gasteiger partial charge is 0.497 e. The molecule has 0 aliphatic heterocycles. The quantitative estimate of drug-likeness (QED) is 0.597. The van der Waals surface area contributed by atoms with E-state index in [4.69, 9.17) is 9.15 Å². The zero-order valence-electron chi connectivity index (χ0n) is 15.1. The van der Waals surface area contributed by atoms with Gasteiger partial charge in [-0.1, -0.05) is 23.9 Å². The van der Waals surface area contributed by atoms with Crippen molar-refractivity contribution in [2.24, 2.45) is 0 Å². The van der Waals surface area contributed by atoms with Gasteiger partial charge in [0.25, 0.3) is 5.22 Å². The van der Waals surface area contributed by atoms with E-state index >= 15 is 0 Å². The van der Waals surface area contributed by atoms with E-state index in [0.717, 1.165) is 41.3 Å². The monoisotopic (exact) mass is 405 g/mol. The Morgan fingerprint density at radius 3 is 2.68 bits per heavy atom. The van der Waals surface area contributed by atoms with Gasteiger partial charge in [0, 0.05) is 6.07 Å². The summed E-state index contributed by atoms with van der Waals surface area (Å²) in [4.78, 5) is 12.2. The number of aromatic nitrogens is 2. The number of carbonyl (C=O) groups is 1. The molecule has 3 aromatic rings. The lowest BCUT2D eigenvalue weighted by Gasteiger charge is -2.10. The number of hydrogen-bond donors (Lipinski definition) is 1. The number of halogens is 2. The Bertz CT molecular complexity index is 963. The third-order valence-electron chi connectivity index (χ3n) is 3.80. The van der Waals surface area contributed by atoms with E-state index in [1.807, 2.05) is 24.3 Å². The van der Waals surface area contributed by atoms with Crippen LogP contribution >= 0.6 is 11.8 Å². The number of carbonyl (C=O) groups excluding carboxylic acids is 1. The van der Waals surface area contributed by atoms with E-state index in [9.17, 15) is 13.6 Å². The van der Waals surface area contributed by atoms with Crippen LogP contribution in [-0.4, -0.2) is 28.5 Å². The van der Waals surface area contributed by atoms with Crippen molar-refractivity contribution in [1.82, 2.24) is 10.2 Å². The van der Waals surface area contributed by atoms with Crippen molar-refractivity contribution in [3.8, 4) is 5.75 Å². The number of nitrogens with one attached hydrogen (secondary N) is 1. The van der Waals surface area contributed by atoms with E-state index in [1.165, 1.54) is 0 Å². The van der Waals surface area contributed by atoms with Gasteiger partial charge >= 0.3 is 0 Å². The second-order valence-corrected chi connectivity index (χ2v) is 7.15. The Morgan fingerprint density at radius 2 is 1.96 bits per heavy atom. The number of thioether (sulfide) groups is 1. The summed E-state index contributed by atoms with van der Waals surface area (Å²) in [6, 6.07) is 10.3. The van der Waals surface area contributed by atoms with Crippen LogP contribution in [0.4, 0.5) is 14.5 Å². The molecular formula is C19H17F2N3O3S. The van der Waals surface area contributed by atoms with Gasteiger partial charge in [-0.15, -0.1) is 10.2 Å². The summed E-state index contributed by atoms with van der Waals surface area (Å²) in [5.41, 5.74) is 0.747. The minimum atomic E-state index is -0.716. The van der Waals surface area contributed by atoms with Crippen molar-refractivity contribution >= 4 is 23.4 Å². The summed E-state index contributed by atoms with van der Waals surface area (Å²) in [6.45, 7) is 1.60. The molecule has 1 N–H and O–H groups in total. The van der Waals surface area contributed by atoms with Gasteiger partial charge in [0.05, 0.1) is 24.5 Å². The van der Waals surface area contributed by atoms with Gasteiger partial charge in [0.2, 0.25) is 11.8 Å². The molecule has 0 aliphatic carbocycles. The van der Waals surface area contributed by atoms with Gasteiger partial charge in [0.1, 0.15) is 17.4 Å². The molecule has 0 saturated carbocycles. The second kappa shape index (κ2) is 8.83. The van der Waals surface area contributed by atoms with E-state index in [0.29, 0.717) is 12.3 Å². The third kappa shape index (κ3) is 5.07. The fourth-order valence-electron chi connectivity index (χ4n) is 2.31. The maximum atomic E-state index is 13.6. The Morgan fingerprint density at radius 1 is 1.21 bits per heavy atom. The molecule has 0 aliphatic rings. The van der Waals surface area contributed by atoms with Crippen LogP contribution in [0.15, 0.2) is 52.1 Å². The van der Waals surface area contributed by atoms with Crippen LogP contribution < -0.4 is 10.1 Å². The average Bonchev–Trinajstić information content (AvgIpc) is 3.12. The molecule has 9 heteroatoms. The van der Waals surface area contributed by atoms with Crippen LogP contribution in [0.25, 0.3) is 0 Å². The van der Waals surface area contributed by atoms with E-state index in [1.54, 1.807) is 14.0 Å². The first-order valence-corrected chi connectivity index (χ1v) is 9.20. The van der Waals surface area contributed by atoms with E-state index in [-0.39, 0.29) is 10.9 Å². The zero-order valence-corrected chi connectivity index (χ0v) is 15.9. The number of hydrogen-bond acceptors (Lipinski definition) is 6. The highest BCUT2D eigenvalue weighted by Crippen LogP contribution is 2.25. The molecule has 0 saturated heterocycles. The topological polar surface area (TPSA) is 77.2 Å². The Labute approximate surface area is 164 Å². The van der Waals surface area contributed by atoms with Crippen molar-refractivity contribution < 1.29 is 22.7 Å². The van der Waals surface area contributed by atoms with Gasteiger partial charge in [-0.3, -0.25) is 4.79 Å². The number of ether oxygens (including phenoxy) is 1. The predicted octanol–water partition coefficient (Wildman–Crippen LogP) is 4.07. The van der Waals surface area contributed by atoms with Gasteiger partial charge in [-0.25, -0.2) is 8.78 Å². The van der Waals surface area contributed by atoms with Crippen molar-refractivity contribution in [2.75, 3.05) is 12.4 Å². The van der Waals surface area contributed by atoms with Crippen LogP contribution in [0, 0.1) is 11.6 Å². The van der Waals surface area contributed by atoms with Gasteiger partial charge in [0.15, 0.2) is 0 Å². The summed E-state index contributed by atoms with van der Waals surface area (Å²) in [5, 5.41) is 9.79. The number of amides is 1. The molecule has 1 atom stereocenters. The first-order chi connectivity index (χ1) is 13.4. The maximum Gasteiger partial charge on any atom is 0.277 e. The molecule has 6 nitrogen and oxygen atoms in total. The van der Waals surface area contributed by atoms with Crippen molar-refractivity contribution in [3.63, 3.8) is 0 Å². The summed E-state index contributed by atoms with van der Waals surface area (Å²) in [5.74, 6) is -0.718. The van der Waals surface area contributed by atoms with Crippen LogP contribution in [0.1, 0.15) is 18.4 Å². The van der Waals surface area contributed by atoms with Crippen LogP contribution in [0.5, 0.6) is 5.75 Å². The number of methoxy groups -OCH3 is 1. The summed E-state index contributed by atoms with van der Waals surface area (Å²) >= 11 is 1.03. The lowest BCUT2D eigenvalue weighted by molar-refractivity contribution is -0.115. The zero-order chi connectivity index (χ0) is 20.1. The molecule has 2 aromatic carbocycles. The minimum absolute atomic E-state index is 0.214. The summed E-state index contributed by atoms with van der Waals surface area (Å²) in [6.07, 6.45) is 0.437. The lowest BCUT2D eigenvalue weighted by atomic mass is 10.1. The van der Waals surface area contributed by atoms with Crippen LogP contribution in [0.2, 0.25) is 0 Å². The molecule has 0 spiro atoms. The first kappa shape index (κ1) is 19.8. The van der Waals surface area contributed by atoms with Crippen molar-refractivity contribution in [2.45, 2.75) is 23.8 Å². The normalized spacial score (nSPS) is 11.9. The highest BCUT2D eigenvalue weighted by atomic mass is 32.2. The van der Waals surface area contributed by atoms with Crippen LogP contribution in [0.3, 0.4) is 0 Å².